The average molecular weight is 410 g/mol. The second-order valence-electron chi connectivity index (χ2n) is 7.42. The monoisotopic (exact) mass is 410 g/mol. The van der Waals surface area contributed by atoms with E-state index < -0.39 is 17.6 Å². The van der Waals surface area contributed by atoms with Crippen molar-refractivity contribution in [1.29, 1.82) is 0 Å². The zero-order valence-corrected chi connectivity index (χ0v) is 16.4. The molecule has 4 rings (SSSR count). The fraction of sp³-hybridized carbons (Fsp3) is 0.318. The Balaban J connectivity index is 1.59. The highest BCUT2D eigenvalue weighted by Gasteiger charge is 2.31. The van der Waals surface area contributed by atoms with E-state index in [2.05, 4.69) is 9.97 Å². The maximum absolute atomic E-state index is 14.8. The van der Waals surface area contributed by atoms with Gasteiger partial charge in [-0.1, -0.05) is 18.9 Å². The van der Waals surface area contributed by atoms with Crippen LogP contribution < -0.4 is 10.5 Å². The van der Waals surface area contributed by atoms with Crippen molar-refractivity contribution in [1.82, 2.24) is 14.9 Å². The zero-order chi connectivity index (χ0) is 21.1. The van der Waals surface area contributed by atoms with Crippen LogP contribution in [-0.4, -0.2) is 39.8 Å². The van der Waals surface area contributed by atoms with Crippen LogP contribution in [0, 0.1) is 5.82 Å². The molecule has 2 amide bonds. The zero-order valence-electron chi connectivity index (χ0n) is 16.4. The molecule has 0 spiro atoms. The van der Waals surface area contributed by atoms with Gasteiger partial charge in [-0.3, -0.25) is 9.59 Å². The number of nitrogens with two attached hydrogens (primary N) is 1. The molecule has 0 bridgehead atoms. The third kappa shape index (κ3) is 3.98. The summed E-state index contributed by atoms with van der Waals surface area (Å²) in [6.45, 7) is 1.17. The Kier molecular flexibility index (Phi) is 5.65. The third-order valence-corrected chi connectivity index (χ3v) is 5.38. The standard InChI is InChI=1S/C22H23FN4O3/c23-16-13-14(19(20(24)28)22(29)27-11-3-1-2-4-12-27)5-6-18(16)30-17-8-10-26-21-15(17)7-9-25-21/h5-10,13,19H,1-4,11-12H2,(H2,24,28)(H,25,26). The van der Waals surface area contributed by atoms with Crippen molar-refractivity contribution in [2.24, 2.45) is 5.73 Å². The van der Waals surface area contributed by atoms with E-state index in [0.717, 1.165) is 31.7 Å². The number of fused-ring (bicyclic) bond motifs is 1. The van der Waals surface area contributed by atoms with Gasteiger partial charge >= 0.3 is 0 Å². The molecule has 2 aromatic heterocycles. The van der Waals surface area contributed by atoms with Gasteiger partial charge in [-0.15, -0.1) is 0 Å². The number of aromatic amines is 1. The number of pyridine rings is 1. The SMILES string of the molecule is NC(=O)C(C(=O)N1CCCCCC1)c1ccc(Oc2ccnc3[nH]ccc23)c(F)c1. The second-order valence-corrected chi connectivity index (χ2v) is 7.42. The lowest BCUT2D eigenvalue weighted by molar-refractivity contribution is -0.137. The lowest BCUT2D eigenvalue weighted by Gasteiger charge is -2.25. The van der Waals surface area contributed by atoms with Gasteiger partial charge < -0.3 is 20.4 Å². The maximum Gasteiger partial charge on any atom is 0.239 e. The van der Waals surface area contributed by atoms with E-state index in [0.29, 0.717) is 29.9 Å². The molecule has 0 radical (unpaired) electrons. The molecular formula is C22H23FN4O3. The van der Waals surface area contributed by atoms with Crippen LogP contribution in [0.1, 0.15) is 37.2 Å². The smallest absolute Gasteiger partial charge is 0.239 e. The number of hydrogen-bond donors (Lipinski definition) is 2. The van der Waals surface area contributed by atoms with Crippen LogP contribution in [0.5, 0.6) is 11.5 Å². The van der Waals surface area contributed by atoms with Gasteiger partial charge in [-0.2, -0.15) is 0 Å². The number of hydrogen-bond acceptors (Lipinski definition) is 4. The van der Waals surface area contributed by atoms with E-state index in [4.69, 9.17) is 10.5 Å². The molecule has 8 heteroatoms. The van der Waals surface area contributed by atoms with Crippen molar-refractivity contribution >= 4 is 22.8 Å². The summed E-state index contributed by atoms with van der Waals surface area (Å²) in [5.41, 5.74) is 6.38. The number of halogens is 1. The molecule has 1 atom stereocenters. The maximum atomic E-state index is 14.8. The Morgan fingerprint density at radius 1 is 1.10 bits per heavy atom. The van der Waals surface area contributed by atoms with Crippen molar-refractivity contribution in [3.63, 3.8) is 0 Å². The minimum absolute atomic E-state index is 0.0158. The van der Waals surface area contributed by atoms with Crippen LogP contribution in [0.3, 0.4) is 0 Å². The van der Waals surface area contributed by atoms with E-state index in [1.165, 1.54) is 12.1 Å². The van der Waals surface area contributed by atoms with Gasteiger partial charge in [0.05, 0.1) is 5.39 Å². The Bertz CT molecular complexity index is 1070. The van der Waals surface area contributed by atoms with E-state index in [1.807, 2.05) is 0 Å². The number of aromatic nitrogens is 2. The summed E-state index contributed by atoms with van der Waals surface area (Å²) < 4.78 is 20.6. The van der Waals surface area contributed by atoms with Gasteiger partial charge in [-0.25, -0.2) is 9.37 Å². The number of nitrogens with one attached hydrogen (secondary N) is 1. The molecule has 0 saturated carbocycles. The predicted molar refractivity (Wildman–Crippen MR) is 110 cm³/mol. The van der Waals surface area contributed by atoms with Crippen LogP contribution in [0.15, 0.2) is 42.7 Å². The highest BCUT2D eigenvalue weighted by molar-refractivity contribution is 6.05. The highest BCUT2D eigenvalue weighted by atomic mass is 19.1. The molecule has 30 heavy (non-hydrogen) atoms. The molecule has 1 aliphatic rings. The topological polar surface area (TPSA) is 101 Å². The summed E-state index contributed by atoms with van der Waals surface area (Å²) in [5.74, 6) is -2.63. The Hall–Kier alpha value is -3.42. The molecule has 3 N–H and O–H groups in total. The van der Waals surface area contributed by atoms with Crippen LogP contribution in [-0.2, 0) is 9.59 Å². The molecule has 156 valence electrons. The largest absolute Gasteiger partial charge is 0.453 e. The van der Waals surface area contributed by atoms with Gasteiger partial charge in [0, 0.05) is 25.5 Å². The van der Waals surface area contributed by atoms with Crippen molar-refractivity contribution in [2.45, 2.75) is 31.6 Å². The highest BCUT2D eigenvalue weighted by Crippen LogP contribution is 2.32. The molecular weight excluding hydrogens is 387 g/mol. The fourth-order valence-electron chi connectivity index (χ4n) is 3.82. The number of nitrogens with zero attached hydrogens (tertiary/aromatic N) is 2. The van der Waals surface area contributed by atoms with Crippen molar-refractivity contribution in [3.05, 3.63) is 54.1 Å². The fourth-order valence-corrected chi connectivity index (χ4v) is 3.82. The molecule has 1 fully saturated rings. The molecule has 1 aliphatic heterocycles. The Morgan fingerprint density at radius 3 is 2.57 bits per heavy atom. The summed E-state index contributed by atoms with van der Waals surface area (Å²) in [4.78, 5) is 33.8. The van der Waals surface area contributed by atoms with Crippen molar-refractivity contribution < 1.29 is 18.7 Å². The van der Waals surface area contributed by atoms with E-state index in [1.54, 1.807) is 29.4 Å². The van der Waals surface area contributed by atoms with E-state index in [-0.39, 0.29) is 17.2 Å². The number of likely N-dealkylation sites (tertiary alicyclic amines) is 1. The number of carbonyl (C=O) groups excluding carboxylic acids is 2. The molecule has 1 aromatic carbocycles. The van der Waals surface area contributed by atoms with Crippen LogP contribution >= 0.6 is 0 Å². The number of primary amides is 1. The summed E-state index contributed by atoms with van der Waals surface area (Å²) in [6.07, 6.45) is 7.15. The number of H-pyrrole nitrogens is 1. The lowest BCUT2D eigenvalue weighted by atomic mass is 9.96. The molecule has 7 nitrogen and oxygen atoms in total. The first-order chi connectivity index (χ1) is 14.5. The first-order valence-corrected chi connectivity index (χ1v) is 10.0. The number of amides is 2. The lowest BCUT2D eigenvalue weighted by Crippen LogP contribution is -2.41. The number of ether oxygens (including phenoxy) is 1. The molecule has 3 heterocycles. The van der Waals surface area contributed by atoms with Crippen molar-refractivity contribution in [3.8, 4) is 11.5 Å². The number of benzene rings is 1. The first-order valence-electron chi connectivity index (χ1n) is 10.0. The minimum Gasteiger partial charge on any atom is -0.453 e. The van der Waals surface area contributed by atoms with Crippen LogP contribution in [0.4, 0.5) is 4.39 Å². The predicted octanol–water partition coefficient (Wildman–Crippen LogP) is 3.47. The normalized spacial score (nSPS) is 15.6. The molecule has 1 unspecified atom stereocenters. The third-order valence-electron chi connectivity index (χ3n) is 5.38. The molecule has 1 saturated heterocycles. The first kappa shape index (κ1) is 19.9. The van der Waals surface area contributed by atoms with Gasteiger partial charge in [0.2, 0.25) is 11.8 Å². The second kappa shape index (κ2) is 8.52. The summed E-state index contributed by atoms with van der Waals surface area (Å²) in [5, 5.41) is 0.715. The van der Waals surface area contributed by atoms with Crippen LogP contribution in [0.2, 0.25) is 0 Å². The Morgan fingerprint density at radius 2 is 1.87 bits per heavy atom. The summed E-state index contributed by atoms with van der Waals surface area (Å²) in [7, 11) is 0. The van der Waals surface area contributed by atoms with Gasteiger partial charge in [-0.05, 0) is 42.7 Å². The number of carbonyl (C=O) groups is 2. The summed E-state index contributed by atoms with van der Waals surface area (Å²) in [6, 6.07) is 7.50. The van der Waals surface area contributed by atoms with Gasteiger partial charge in [0.1, 0.15) is 17.3 Å². The van der Waals surface area contributed by atoms with Gasteiger partial charge in [0.15, 0.2) is 11.6 Å². The van der Waals surface area contributed by atoms with Crippen LogP contribution in [0.25, 0.3) is 11.0 Å². The van der Waals surface area contributed by atoms with E-state index in [9.17, 15) is 14.0 Å². The van der Waals surface area contributed by atoms with Gasteiger partial charge in [0.25, 0.3) is 0 Å². The van der Waals surface area contributed by atoms with E-state index >= 15 is 0 Å². The minimum atomic E-state index is -1.22. The molecule has 3 aromatic rings. The molecule has 0 aliphatic carbocycles. The quantitative estimate of drug-likeness (QED) is 0.629. The Labute approximate surface area is 173 Å². The number of rotatable bonds is 5. The summed E-state index contributed by atoms with van der Waals surface area (Å²) >= 11 is 0. The van der Waals surface area contributed by atoms with Crippen molar-refractivity contribution in [2.75, 3.05) is 13.1 Å². The average Bonchev–Trinajstić information content (AvgIpc) is 3.04.